The van der Waals surface area contributed by atoms with E-state index >= 15 is 0 Å². The number of carbonyl (C=O) groups excluding carboxylic acids is 1. The van der Waals surface area contributed by atoms with Crippen molar-refractivity contribution in [2.75, 3.05) is 13.7 Å². The normalized spacial score (nSPS) is 11.2. The summed E-state index contributed by atoms with van der Waals surface area (Å²) in [4.78, 5) is 12.2. The zero-order valence-corrected chi connectivity index (χ0v) is 14.5. The number of thiophene rings is 1. The summed E-state index contributed by atoms with van der Waals surface area (Å²) in [6.45, 7) is 2.47. The molecule has 1 aromatic heterocycles. The van der Waals surface area contributed by atoms with Crippen molar-refractivity contribution in [2.45, 2.75) is 18.4 Å². The summed E-state index contributed by atoms with van der Waals surface area (Å²) in [5, 5.41) is 4.10. The second-order valence-electron chi connectivity index (χ2n) is 4.68. The molecule has 23 heavy (non-hydrogen) atoms. The lowest BCUT2D eigenvalue weighted by molar-refractivity contribution is 0.0959. The van der Waals surface area contributed by atoms with Crippen LogP contribution in [0.1, 0.15) is 22.2 Å². The highest BCUT2D eigenvalue weighted by atomic mass is 32.2. The zero-order chi connectivity index (χ0) is 16.9. The molecule has 1 heterocycles. The molecule has 0 aliphatic rings. The minimum absolute atomic E-state index is 0.0947. The van der Waals surface area contributed by atoms with Crippen molar-refractivity contribution in [3.05, 3.63) is 46.2 Å². The fourth-order valence-electron chi connectivity index (χ4n) is 1.83. The van der Waals surface area contributed by atoms with E-state index in [1.165, 1.54) is 11.4 Å². The Morgan fingerprint density at radius 3 is 2.57 bits per heavy atom. The first-order valence-corrected chi connectivity index (χ1v) is 9.32. The Morgan fingerprint density at radius 1 is 1.26 bits per heavy atom. The van der Waals surface area contributed by atoms with Crippen LogP contribution in [0.25, 0.3) is 0 Å². The number of hydrogen-bond donors (Lipinski definition) is 2. The number of nitrogens with one attached hydrogen (secondary N) is 2. The van der Waals surface area contributed by atoms with Gasteiger partial charge in [-0.15, -0.1) is 11.3 Å². The van der Waals surface area contributed by atoms with E-state index in [0.717, 1.165) is 16.9 Å². The summed E-state index contributed by atoms with van der Waals surface area (Å²) >= 11 is 1.10. The first-order chi connectivity index (χ1) is 11.0. The number of ether oxygens (including phenoxy) is 1. The Balaban J connectivity index is 2.05. The number of methoxy groups -OCH3 is 1. The van der Waals surface area contributed by atoms with Crippen molar-refractivity contribution >= 4 is 27.3 Å². The third kappa shape index (κ3) is 4.54. The second-order valence-corrected chi connectivity index (χ2v) is 7.36. The van der Waals surface area contributed by atoms with Crippen LogP contribution in [-0.2, 0) is 16.6 Å². The van der Waals surface area contributed by atoms with Gasteiger partial charge >= 0.3 is 0 Å². The van der Waals surface area contributed by atoms with Gasteiger partial charge in [0.25, 0.3) is 5.91 Å². The van der Waals surface area contributed by atoms with E-state index in [2.05, 4.69) is 10.0 Å². The molecule has 6 nitrogen and oxygen atoms in total. The van der Waals surface area contributed by atoms with Crippen molar-refractivity contribution in [1.82, 2.24) is 10.0 Å². The van der Waals surface area contributed by atoms with Crippen molar-refractivity contribution in [2.24, 2.45) is 0 Å². The summed E-state index contributed by atoms with van der Waals surface area (Å²) in [6, 6.07) is 8.49. The van der Waals surface area contributed by atoms with Crippen LogP contribution in [0.5, 0.6) is 5.75 Å². The molecule has 0 saturated carbocycles. The molecule has 0 saturated heterocycles. The van der Waals surface area contributed by atoms with Gasteiger partial charge in [0.2, 0.25) is 10.0 Å². The van der Waals surface area contributed by atoms with Crippen LogP contribution in [0.4, 0.5) is 0 Å². The molecule has 8 heteroatoms. The smallest absolute Gasteiger partial charge is 0.261 e. The number of benzene rings is 1. The largest absolute Gasteiger partial charge is 0.497 e. The van der Waals surface area contributed by atoms with Gasteiger partial charge in [0.15, 0.2) is 0 Å². The van der Waals surface area contributed by atoms with Crippen LogP contribution >= 0.6 is 11.3 Å². The van der Waals surface area contributed by atoms with Crippen LogP contribution < -0.4 is 14.8 Å². The van der Waals surface area contributed by atoms with Gasteiger partial charge in [-0.1, -0.05) is 12.1 Å². The topological polar surface area (TPSA) is 84.5 Å². The molecule has 1 amide bonds. The monoisotopic (exact) mass is 354 g/mol. The van der Waals surface area contributed by atoms with Crippen molar-refractivity contribution in [1.29, 1.82) is 0 Å². The maximum atomic E-state index is 12.3. The van der Waals surface area contributed by atoms with E-state index in [0.29, 0.717) is 17.2 Å². The maximum Gasteiger partial charge on any atom is 0.261 e. The lowest BCUT2D eigenvalue weighted by atomic mass is 10.2. The summed E-state index contributed by atoms with van der Waals surface area (Å²) in [6.07, 6.45) is 0. The molecule has 0 spiro atoms. The highest BCUT2D eigenvalue weighted by Crippen LogP contribution is 2.19. The van der Waals surface area contributed by atoms with E-state index in [9.17, 15) is 13.2 Å². The van der Waals surface area contributed by atoms with Gasteiger partial charge in [0.05, 0.1) is 16.9 Å². The molecule has 0 aliphatic heterocycles. The minimum atomic E-state index is -3.65. The minimum Gasteiger partial charge on any atom is -0.497 e. The lowest BCUT2D eigenvalue weighted by Gasteiger charge is -2.06. The first kappa shape index (κ1) is 17.5. The van der Waals surface area contributed by atoms with Crippen LogP contribution in [-0.4, -0.2) is 28.0 Å². The lowest BCUT2D eigenvalue weighted by Crippen LogP contribution is -2.23. The Kier molecular flexibility index (Phi) is 5.75. The van der Waals surface area contributed by atoms with Gasteiger partial charge in [-0.05, 0) is 30.7 Å². The number of amides is 1. The third-order valence-corrected chi connectivity index (χ3v) is 5.53. The molecule has 0 radical (unpaired) electrons. The maximum absolute atomic E-state index is 12.3. The average Bonchev–Trinajstić information content (AvgIpc) is 3.05. The molecule has 2 rings (SSSR count). The molecule has 0 unspecified atom stereocenters. The van der Waals surface area contributed by atoms with Crippen molar-refractivity contribution in [3.8, 4) is 5.75 Å². The molecule has 0 bridgehead atoms. The predicted molar refractivity (Wildman–Crippen MR) is 89.3 cm³/mol. The Morgan fingerprint density at radius 2 is 1.96 bits per heavy atom. The van der Waals surface area contributed by atoms with Gasteiger partial charge < -0.3 is 10.1 Å². The van der Waals surface area contributed by atoms with E-state index in [-0.39, 0.29) is 17.3 Å². The summed E-state index contributed by atoms with van der Waals surface area (Å²) in [5.74, 6) is 0.440. The van der Waals surface area contributed by atoms with Crippen LogP contribution in [0.3, 0.4) is 0 Å². The van der Waals surface area contributed by atoms with Crippen LogP contribution in [0.2, 0.25) is 0 Å². The average molecular weight is 354 g/mol. The van der Waals surface area contributed by atoms with E-state index < -0.39 is 10.0 Å². The van der Waals surface area contributed by atoms with E-state index in [1.807, 2.05) is 0 Å². The van der Waals surface area contributed by atoms with Crippen LogP contribution in [0, 0.1) is 0 Å². The van der Waals surface area contributed by atoms with Gasteiger partial charge in [-0.2, -0.15) is 0 Å². The number of hydrogen-bond acceptors (Lipinski definition) is 5. The summed E-state index contributed by atoms with van der Waals surface area (Å²) in [7, 11) is -2.08. The van der Waals surface area contributed by atoms with Crippen LogP contribution in [0.15, 0.2) is 40.6 Å². The Hall–Kier alpha value is -1.90. The molecule has 0 atom stereocenters. The third-order valence-electron chi connectivity index (χ3n) is 3.07. The summed E-state index contributed by atoms with van der Waals surface area (Å²) < 4.78 is 32.1. The predicted octanol–water partition coefficient (Wildman–Crippen LogP) is 1.98. The molecule has 0 aliphatic carbocycles. The molecular formula is C15H18N2O4S2. The highest BCUT2D eigenvalue weighted by Gasteiger charge is 2.18. The standard InChI is InChI=1S/C15H18N2O4S2/c1-3-16-15(18)14-8-13(10-22-14)23(19,20)17-9-11-4-6-12(21-2)7-5-11/h4-8,10,17H,3,9H2,1-2H3,(H,16,18). The van der Waals surface area contributed by atoms with Gasteiger partial charge in [-0.25, -0.2) is 13.1 Å². The number of sulfonamides is 1. The van der Waals surface area contributed by atoms with Crippen molar-refractivity contribution in [3.63, 3.8) is 0 Å². The van der Waals surface area contributed by atoms with Gasteiger partial charge in [0.1, 0.15) is 5.75 Å². The zero-order valence-electron chi connectivity index (χ0n) is 12.8. The van der Waals surface area contributed by atoms with Gasteiger partial charge in [-0.3, -0.25) is 4.79 Å². The molecule has 2 N–H and O–H groups in total. The van der Waals surface area contributed by atoms with Gasteiger partial charge in [0, 0.05) is 18.5 Å². The molecular weight excluding hydrogens is 336 g/mol. The fraction of sp³-hybridized carbons (Fsp3) is 0.267. The SMILES string of the molecule is CCNC(=O)c1cc(S(=O)(=O)NCc2ccc(OC)cc2)cs1. The quantitative estimate of drug-likeness (QED) is 0.796. The van der Waals surface area contributed by atoms with E-state index in [1.54, 1.807) is 38.3 Å². The first-order valence-electron chi connectivity index (χ1n) is 6.95. The number of rotatable bonds is 7. The van der Waals surface area contributed by atoms with Crippen molar-refractivity contribution < 1.29 is 17.9 Å². The molecule has 1 aromatic carbocycles. The molecule has 0 fully saturated rings. The fourth-order valence-corrected chi connectivity index (χ4v) is 4.04. The number of carbonyl (C=O) groups is 1. The van der Waals surface area contributed by atoms with E-state index in [4.69, 9.17) is 4.74 Å². The summed E-state index contributed by atoms with van der Waals surface area (Å²) in [5.41, 5.74) is 0.813. The second kappa shape index (κ2) is 7.58. The molecule has 2 aromatic rings. The molecule has 124 valence electrons. The Bertz CT molecular complexity index is 767. The Labute approximate surface area is 139 Å². The highest BCUT2D eigenvalue weighted by molar-refractivity contribution is 7.89.